The summed E-state index contributed by atoms with van der Waals surface area (Å²) in [6, 6.07) is 0. The molecule has 0 amide bonds. The molecular weight excluding hydrogens is 812 g/mol. The molecule has 0 aromatic carbocycles. The smallest absolute Gasteiger partial charge is 0.743 e. The molecule has 0 heterocycles. The fraction of sp³-hybridized carbons (Fsp3) is 1.00. The Morgan fingerprint density at radius 1 is 0.375 bits per heavy atom. The summed E-state index contributed by atoms with van der Waals surface area (Å²) >= 11 is 0. The van der Waals surface area contributed by atoms with E-state index in [9.17, 15) is 118 Å². The van der Waals surface area contributed by atoms with Gasteiger partial charge < -0.3 is 13.7 Å². The van der Waals surface area contributed by atoms with Crippen molar-refractivity contribution in [2.75, 3.05) is 0 Å². The van der Waals surface area contributed by atoms with E-state index in [1.807, 2.05) is 0 Å². The summed E-state index contributed by atoms with van der Waals surface area (Å²) in [5.74, 6) is -18.6. The van der Waals surface area contributed by atoms with Gasteiger partial charge in [0, 0.05) is 0 Å². The van der Waals surface area contributed by atoms with Crippen LogP contribution >= 0.6 is 0 Å². The second kappa shape index (κ2) is 13.7. The Morgan fingerprint density at radius 3 is 0.500 bits per heavy atom. The van der Waals surface area contributed by atoms with E-state index in [4.69, 9.17) is 0 Å². The van der Waals surface area contributed by atoms with E-state index in [1.165, 1.54) is 0 Å². The van der Waals surface area contributed by atoms with Gasteiger partial charge in [-0.3, -0.25) is 0 Å². The zero-order valence-electron chi connectivity index (χ0n) is 16.9. The maximum absolute atomic E-state index is 11.8. The van der Waals surface area contributed by atoms with Crippen LogP contribution in [0.15, 0.2) is 0 Å². The first-order valence-corrected chi connectivity index (χ1v) is 11.5. The average Bonchev–Trinajstić information content (AvgIpc) is 2.65. The van der Waals surface area contributed by atoms with Crippen LogP contribution in [0, 0.1) is 0 Å². The molecule has 40 heavy (non-hydrogen) atoms. The Kier molecular flexibility index (Phi) is 15.9. The van der Waals surface area contributed by atoms with Gasteiger partial charge in [-0.05, 0) is 0 Å². The first-order valence-electron chi connectivity index (χ1n) is 7.31. The maximum atomic E-state index is 11.8. The second-order valence-electron chi connectivity index (χ2n) is 5.68. The van der Waals surface area contributed by atoms with Crippen molar-refractivity contribution < 1.29 is 118 Å². The standard InChI is InChI=1S/3C3H2F6O3S.Sb/c3*4-1(5)2(6,7)3(8,9)13(10,11)12;/h3*1H,(H,10,11,12);/q;;;+3/p-3. The quantitative estimate of drug-likeness (QED) is 0.193. The molecule has 9 nitrogen and oxygen atoms in total. The molecule has 0 N–H and O–H groups in total. The molecule has 0 aliphatic carbocycles. The van der Waals surface area contributed by atoms with Crippen LogP contribution in [0.3, 0.4) is 0 Å². The molecule has 0 bridgehead atoms. The molecule has 242 valence electrons. The monoisotopic (exact) mass is 814 g/mol. The Bertz CT molecular complexity index is 994. The van der Waals surface area contributed by atoms with E-state index in [0.717, 1.165) is 0 Å². The first-order chi connectivity index (χ1) is 16.3. The number of alkyl halides is 18. The van der Waals surface area contributed by atoms with Crippen molar-refractivity contribution in [2.24, 2.45) is 0 Å². The normalized spacial score (nSPS) is 14.7. The van der Waals surface area contributed by atoms with Crippen molar-refractivity contribution in [3.05, 3.63) is 0 Å². The average molecular weight is 815 g/mol. The van der Waals surface area contributed by atoms with E-state index < -0.39 is 83.2 Å². The van der Waals surface area contributed by atoms with Crippen molar-refractivity contribution in [1.82, 2.24) is 0 Å². The summed E-state index contributed by atoms with van der Waals surface area (Å²) in [5.41, 5.74) is 0. The summed E-state index contributed by atoms with van der Waals surface area (Å²) in [6.45, 7) is 0. The fourth-order valence-corrected chi connectivity index (χ4v) is 2.15. The van der Waals surface area contributed by atoms with Crippen LogP contribution in [-0.4, -0.2) is 116 Å². The molecule has 0 aromatic rings. The third-order valence-corrected chi connectivity index (χ3v) is 5.63. The van der Waals surface area contributed by atoms with Gasteiger partial charge in [-0.1, -0.05) is 0 Å². The van der Waals surface area contributed by atoms with E-state index >= 15 is 0 Å². The molecule has 0 unspecified atom stereocenters. The molecule has 0 spiro atoms. The fourth-order valence-electron chi connectivity index (χ4n) is 0.881. The Labute approximate surface area is 225 Å². The SMILES string of the molecule is O=S(=O)([O-])C(F)(F)C(F)(F)C(F)F.O=S(=O)([O-])C(F)(F)C(F)(F)C(F)F.O=S(=O)([O-])C(F)(F)C(F)(F)C(F)F.[Sb+3]. The molecule has 31 heteroatoms. The Hall–Kier alpha value is -0.712. The van der Waals surface area contributed by atoms with E-state index in [2.05, 4.69) is 0 Å². The Morgan fingerprint density at radius 2 is 0.475 bits per heavy atom. The predicted molar refractivity (Wildman–Crippen MR) is 82.5 cm³/mol. The Balaban J connectivity index is -0.000000240. The van der Waals surface area contributed by atoms with Crippen LogP contribution in [0.4, 0.5) is 79.0 Å². The van der Waals surface area contributed by atoms with Crippen molar-refractivity contribution in [3.8, 4) is 0 Å². The van der Waals surface area contributed by atoms with Crippen LogP contribution < -0.4 is 0 Å². The minimum Gasteiger partial charge on any atom is -0.743 e. The molecule has 0 rings (SSSR count). The molecule has 0 aromatic heterocycles. The van der Waals surface area contributed by atoms with E-state index in [0.29, 0.717) is 0 Å². The molecule has 0 saturated carbocycles. The van der Waals surface area contributed by atoms with Gasteiger partial charge in [-0.25, -0.2) is 51.6 Å². The minimum absolute atomic E-state index is 0. The first kappa shape index (κ1) is 46.3. The van der Waals surface area contributed by atoms with Crippen LogP contribution in [0.5, 0.6) is 0 Å². The molecule has 0 aliphatic rings. The number of halogens is 18. The van der Waals surface area contributed by atoms with Crippen LogP contribution in [-0.2, 0) is 30.4 Å². The van der Waals surface area contributed by atoms with Gasteiger partial charge in [0.1, 0.15) is 0 Å². The topological polar surface area (TPSA) is 172 Å². The van der Waals surface area contributed by atoms with Crippen molar-refractivity contribution >= 4 is 54.8 Å². The molecule has 2 radical (unpaired) electrons. The summed E-state index contributed by atoms with van der Waals surface area (Å²) in [6.07, 6.45) is -14.8. The molecule has 0 atom stereocenters. The molecule has 0 aliphatic heterocycles. The molecule has 0 fully saturated rings. The summed E-state index contributed by atoms with van der Waals surface area (Å²) in [5, 5.41) is -18.9. The van der Waals surface area contributed by atoms with Crippen LogP contribution in [0.25, 0.3) is 0 Å². The van der Waals surface area contributed by atoms with Gasteiger partial charge >= 0.3 is 77.2 Å². The second-order valence-corrected chi connectivity index (χ2v) is 9.95. The van der Waals surface area contributed by atoms with Gasteiger partial charge in [-0.2, -0.15) is 52.7 Å². The third kappa shape index (κ3) is 9.66. The number of hydrogen-bond acceptors (Lipinski definition) is 9. The van der Waals surface area contributed by atoms with Gasteiger partial charge in [0.15, 0.2) is 30.4 Å². The number of rotatable bonds is 9. The predicted octanol–water partition coefficient (Wildman–Crippen LogP) is 2.69. The maximum Gasteiger partial charge on any atom is 3.00 e. The van der Waals surface area contributed by atoms with E-state index in [1.54, 1.807) is 0 Å². The van der Waals surface area contributed by atoms with Crippen LogP contribution in [0.1, 0.15) is 0 Å². The van der Waals surface area contributed by atoms with Crippen molar-refractivity contribution in [1.29, 1.82) is 0 Å². The summed E-state index contributed by atoms with van der Waals surface area (Å²) in [7, 11) is -20.5. The zero-order valence-corrected chi connectivity index (χ0v) is 21.9. The van der Waals surface area contributed by atoms with Crippen molar-refractivity contribution in [3.63, 3.8) is 0 Å². The molecular formula is C9H3F18O9S3Sb. The number of hydrogen-bond donors (Lipinski definition) is 0. The largest absolute Gasteiger partial charge is 3.00 e. The third-order valence-electron chi connectivity index (χ3n) is 2.93. The van der Waals surface area contributed by atoms with E-state index in [-0.39, 0.29) is 24.4 Å². The minimum atomic E-state index is -6.82. The van der Waals surface area contributed by atoms with Gasteiger partial charge in [0.2, 0.25) is 0 Å². The van der Waals surface area contributed by atoms with Gasteiger partial charge in [-0.15, -0.1) is 0 Å². The van der Waals surface area contributed by atoms with Gasteiger partial charge in [0.25, 0.3) is 0 Å². The van der Waals surface area contributed by atoms with Gasteiger partial charge in [0.05, 0.1) is 0 Å². The van der Waals surface area contributed by atoms with Crippen molar-refractivity contribution in [2.45, 2.75) is 52.8 Å². The zero-order chi connectivity index (χ0) is 33.2. The summed E-state index contributed by atoms with van der Waals surface area (Å²) < 4.78 is 294. The molecule has 0 saturated heterocycles. The van der Waals surface area contributed by atoms with Crippen LogP contribution in [0.2, 0.25) is 0 Å². The summed E-state index contributed by atoms with van der Waals surface area (Å²) in [4.78, 5) is 0.